The number of hydrogen-bond acceptors (Lipinski definition) is 2. The van der Waals surface area contributed by atoms with Crippen LogP contribution in [0.4, 0.5) is 10.5 Å². The van der Waals surface area contributed by atoms with Gasteiger partial charge in [0.1, 0.15) is 0 Å². The molecule has 1 aliphatic rings. The van der Waals surface area contributed by atoms with Crippen LogP contribution in [0.15, 0.2) is 24.3 Å². The van der Waals surface area contributed by atoms with E-state index in [9.17, 15) is 4.79 Å². The molecule has 0 aliphatic heterocycles. The van der Waals surface area contributed by atoms with Gasteiger partial charge in [-0.3, -0.25) is 0 Å². The maximum atomic E-state index is 11.8. The van der Waals surface area contributed by atoms with Crippen LogP contribution in [0.5, 0.6) is 0 Å². The van der Waals surface area contributed by atoms with E-state index >= 15 is 0 Å². The van der Waals surface area contributed by atoms with Crippen LogP contribution in [0.2, 0.25) is 0 Å². The molecule has 1 aromatic rings. The second kappa shape index (κ2) is 6.06. The van der Waals surface area contributed by atoms with Gasteiger partial charge in [-0.2, -0.15) is 0 Å². The van der Waals surface area contributed by atoms with Crippen molar-refractivity contribution in [3.8, 4) is 0 Å². The Morgan fingerprint density at radius 3 is 2.53 bits per heavy atom. The highest BCUT2D eigenvalue weighted by molar-refractivity contribution is 5.89. The Morgan fingerprint density at radius 2 is 2.00 bits per heavy atom. The molecule has 1 fully saturated rings. The van der Waals surface area contributed by atoms with Crippen molar-refractivity contribution in [3.63, 3.8) is 0 Å². The Hall–Kier alpha value is -1.55. The minimum atomic E-state index is -0.118. The zero-order chi connectivity index (χ0) is 13.8. The van der Waals surface area contributed by atoms with Gasteiger partial charge in [0, 0.05) is 17.8 Å². The fourth-order valence-corrected chi connectivity index (χ4v) is 2.56. The van der Waals surface area contributed by atoms with Crippen molar-refractivity contribution < 1.29 is 4.79 Å². The molecule has 3 atom stereocenters. The maximum absolute atomic E-state index is 11.8. The lowest BCUT2D eigenvalue weighted by Gasteiger charge is -2.14. The summed E-state index contributed by atoms with van der Waals surface area (Å²) in [6.07, 6.45) is 3.36. The van der Waals surface area contributed by atoms with Gasteiger partial charge < -0.3 is 16.4 Å². The lowest BCUT2D eigenvalue weighted by Crippen LogP contribution is -2.36. The number of nitrogens with one attached hydrogen (secondary N) is 2. The molecule has 19 heavy (non-hydrogen) atoms. The third-order valence-electron chi connectivity index (χ3n) is 3.72. The molecule has 104 valence electrons. The highest BCUT2D eigenvalue weighted by atomic mass is 16.2. The largest absolute Gasteiger partial charge is 0.335 e. The Bertz CT molecular complexity index is 428. The molecule has 0 saturated heterocycles. The first-order valence-electron chi connectivity index (χ1n) is 6.97. The minimum absolute atomic E-state index is 0.0165. The highest BCUT2D eigenvalue weighted by Gasteiger charge is 2.22. The monoisotopic (exact) mass is 261 g/mol. The van der Waals surface area contributed by atoms with Gasteiger partial charge in [0.05, 0.1) is 0 Å². The molecule has 2 rings (SSSR count). The molecule has 4 N–H and O–H groups in total. The summed E-state index contributed by atoms with van der Waals surface area (Å²) in [5.41, 5.74) is 7.65. The number of rotatable bonds is 3. The van der Waals surface area contributed by atoms with Crippen LogP contribution in [-0.4, -0.2) is 12.1 Å². The second-order valence-corrected chi connectivity index (χ2v) is 5.62. The summed E-state index contributed by atoms with van der Waals surface area (Å²) >= 11 is 0. The highest BCUT2D eigenvalue weighted by Crippen LogP contribution is 2.24. The molecule has 3 unspecified atom stereocenters. The summed E-state index contributed by atoms with van der Waals surface area (Å²) in [4.78, 5) is 11.8. The average Bonchev–Trinajstić information content (AvgIpc) is 2.75. The third kappa shape index (κ3) is 3.96. The molecule has 0 bridgehead atoms. The molecule has 2 amide bonds. The third-order valence-corrected chi connectivity index (χ3v) is 3.72. The van der Waals surface area contributed by atoms with Crippen LogP contribution in [-0.2, 0) is 0 Å². The van der Waals surface area contributed by atoms with Gasteiger partial charge in [0.2, 0.25) is 0 Å². The van der Waals surface area contributed by atoms with Crippen molar-refractivity contribution >= 4 is 11.7 Å². The molecule has 4 nitrogen and oxygen atoms in total. The van der Waals surface area contributed by atoms with Gasteiger partial charge in [-0.25, -0.2) is 4.79 Å². The zero-order valence-corrected chi connectivity index (χ0v) is 11.6. The van der Waals surface area contributed by atoms with Crippen LogP contribution in [0.1, 0.15) is 44.7 Å². The zero-order valence-electron chi connectivity index (χ0n) is 11.6. The van der Waals surface area contributed by atoms with E-state index in [0.29, 0.717) is 6.04 Å². The molecule has 1 aromatic carbocycles. The van der Waals surface area contributed by atoms with E-state index in [1.807, 2.05) is 31.2 Å². The van der Waals surface area contributed by atoms with Gasteiger partial charge >= 0.3 is 6.03 Å². The van der Waals surface area contributed by atoms with E-state index in [1.54, 1.807) is 0 Å². The number of carbonyl (C=O) groups excluding carboxylic acids is 1. The van der Waals surface area contributed by atoms with Crippen LogP contribution >= 0.6 is 0 Å². The van der Waals surface area contributed by atoms with Crippen molar-refractivity contribution in [3.05, 3.63) is 29.8 Å². The summed E-state index contributed by atoms with van der Waals surface area (Å²) in [7, 11) is 0. The Morgan fingerprint density at radius 1 is 1.32 bits per heavy atom. The summed E-state index contributed by atoms with van der Waals surface area (Å²) in [6.45, 7) is 4.17. The maximum Gasteiger partial charge on any atom is 0.319 e. The van der Waals surface area contributed by atoms with Crippen molar-refractivity contribution in [1.82, 2.24) is 5.32 Å². The number of benzene rings is 1. The van der Waals surface area contributed by atoms with E-state index in [0.717, 1.165) is 30.0 Å². The number of carbonyl (C=O) groups is 1. The first-order valence-corrected chi connectivity index (χ1v) is 6.97. The lowest BCUT2D eigenvalue weighted by atomic mass is 10.1. The summed E-state index contributed by atoms with van der Waals surface area (Å²) in [5, 5.41) is 5.88. The van der Waals surface area contributed by atoms with Crippen LogP contribution in [0, 0.1) is 5.92 Å². The molecule has 4 heteroatoms. The lowest BCUT2D eigenvalue weighted by molar-refractivity contribution is 0.248. The SMILES string of the molecule is CC1CCC(NC(=O)Nc2ccc(C(C)N)cc2)C1. The number of hydrogen-bond donors (Lipinski definition) is 3. The molecule has 1 saturated carbocycles. The molecule has 0 aromatic heterocycles. The van der Waals surface area contributed by atoms with Crippen molar-refractivity contribution in [2.45, 2.75) is 45.2 Å². The Balaban J connectivity index is 1.85. The average molecular weight is 261 g/mol. The van der Waals surface area contributed by atoms with Gasteiger partial charge in [0.25, 0.3) is 0 Å². The summed E-state index contributed by atoms with van der Waals surface area (Å²) < 4.78 is 0. The summed E-state index contributed by atoms with van der Waals surface area (Å²) in [6, 6.07) is 7.87. The molecular formula is C15H23N3O. The second-order valence-electron chi connectivity index (χ2n) is 5.62. The Labute approximate surface area is 114 Å². The first-order chi connectivity index (χ1) is 9.04. The van der Waals surface area contributed by atoms with Crippen molar-refractivity contribution in [2.75, 3.05) is 5.32 Å². The van der Waals surface area contributed by atoms with Gasteiger partial charge in [0.15, 0.2) is 0 Å². The van der Waals surface area contributed by atoms with Crippen LogP contribution in [0.3, 0.4) is 0 Å². The van der Waals surface area contributed by atoms with Crippen molar-refractivity contribution in [1.29, 1.82) is 0 Å². The molecule has 0 radical (unpaired) electrons. The minimum Gasteiger partial charge on any atom is -0.335 e. The van der Waals surface area contributed by atoms with E-state index < -0.39 is 0 Å². The molecule has 0 spiro atoms. The number of nitrogens with two attached hydrogens (primary N) is 1. The van der Waals surface area contributed by atoms with Gasteiger partial charge in [-0.15, -0.1) is 0 Å². The number of urea groups is 1. The molecular weight excluding hydrogens is 238 g/mol. The number of anilines is 1. The predicted octanol–water partition coefficient (Wildman–Crippen LogP) is 3.02. The molecule has 0 heterocycles. The van der Waals surface area contributed by atoms with Crippen LogP contribution in [0.25, 0.3) is 0 Å². The fourth-order valence-electron chi connectivity index (χ4n) is 2.56. The van der Waals surface area contributed by atoms with Crippen molar-refractivity contribution in [2.24, 2.45) is 11.7 Å². The smallest absolute Gasteiger partial charge is 0.319 e. The van der Waals surface area contributed by atoms with E-state index in [1.165, 1.54) is 6.42 Å². The predicted molar refractivity (Wildman–Crippen MR) is 78.0 cm³/mol. The standard InChI is InChI=1S/C15H23N3O/c1-10-3-6-14(9-10)18-15(19)17-13-7-4-12(5-8-13)11(2)16/h4-5,7-8,10-11,14H,3,6,9,16H2,1-2H3,(H2,17,18,19). The van der Waals surface area contributed by atoms with E-state index in [-0.39, 0.29) is 12.1 Å². The topological polar surface area (TPSA) is 67.2 Å². The van der Waals surface area contributed by atoms with E-state index in [4.69, 9.17) is 5.73 Å². The Kier molecular flexibility index (Phi) is 4.43. The summed E-state index contributed by atoms with van der Waals surface area (Å²) in [5.74, 6) is 0.718. The first kappa shape index (κ1) is 13.9. The number of amides is 2. The van der Waals surface area contributed by atoms with Crippen LogP contribution < -0.4 is 16.4 Å². The van der Waals surface area contributed by atoms with E-state index in [2.05, 4.69) is 17.6 Å². The normalized spacial score (nSPS) is 23.9. The van der Waals surface area contributed by atoms with Gasteiger partial charge in [-0.05, 0) is 49.8 Å². The van der Waals surface area contributed by atoms with Gasteiger partial charge in [-0.1, -0.05) is 19.1 Å². The molecule has 1 aliphatic carbocycles. The quantitative estimate of drug-likeness (QED) is 0.783. The fraction of sp³-hybridized carbons (Fsp3) is 0.533.